The summed E-state index contributed by atoms with van der Waals surface area (Å²) in [5.41, 5.74) is 1.66. The van der Waals surface area contributed by atoms with Crippen LogP contribution in [0.1, 0.15) is 30.8 Å². The number of ether oxygens (including phenoxy) is 1. The summed E-state index contributed by atoms with van der Waals surface area (Å²) in [6.07, 6.45) is 1.11. The van der Waals surface area contributed by atoms with Crippen molar-refractivity contribution in [2.24, 2.45) is 5.41 Å². The molecule has 17 heavy (non-hydrogen) atoms. The molecule has 94 valence electrons. The van der Waals surface area contributed by atoms with Crippen LogP contribution in [0, 0.1) is 5.41 Å². The van der Waals surface area contributed by atoms with Crippen LogP contribution in [0.5, 0.6) is 0 Å². The molecule has 1 aromatic heterocycles. The molecule has 2 atom stereocenters. The van der Waals surface area contributed by atoms with E-state index in [0.29, 0.717) is 5.00 Å². The number of nitrogens with zero attached hydrogens (tertiary/aromatic N) is 1. The van der Waals surface area contributed by atoms with Gasteiger partial charge in [0.05, 0.1) is 11.6 Å². The number of carboxylic acid groups (broad SMARTS) is 1. The van der Waals surface area contributed by atoms with Gasteiger partial charge >= 0.3 is 5.97 Å². The van der Waals surface area contributed by atoms with Gasteiger partial charge in [0, 0.05) is 18.6 Å². The van der Waals surface area contributed by atoms with E-state index in [1.165, 1.54) is 11.3 Å². The van der Waals surface area contributed by atoms with Crippen LogP contribution in [-0.4, -0.2) is 35.3 Å². The largest absolute Gasteiger partial charge is 0.476 e. The quantitative estimate of drug-likeness (QED) is 0.863. The average Bonchev–Trinajstić information content (AvgIpc) is 2.71. The molecule has 0 bridgehead atoms. The van der Waals surface area contributed by atoms with Crippen LogP contribution in [0.3, 0.4) is 0 Å². The number of methoxy groups -OCH3 is 1. The second-order valence-electron chi connectivity index (χ2n) is 4.81. The SMILES string of the molecule is COC1CC(Nc2scnc2C(=O)O)C1(C)C. The Kier molecular flexibility index (Phi) is 3.09. The van der Waals surface area contributed by atoms with Gasteiger partial charge < -0.3 is 15.2 Å². The van der Waals surface area contributed by atoms with Crippen LogP contribution in [0.2, 0.25) is 0 Å². The first-order valence-electron chi connectivity index (χ1n) is 5.43. The average molecular weight is 256 g/mol. The Bertz CT molecular complexity index is 430. The molecule has 1 heterocycles. The van der Waals surface area contributed by atoms with E-state index in [1.807, 2.05) is 0 Å². The maximum absolute atomic E-state index is 10.9. The first-order valence-corrected chi connectivity index (χ1v) is 6.31. The third kappa shape index (κ3) is 2.02. The zero-order valence-corrected chi connectivity index (χ0v) is 10.9. The highest BCUT2D eigenvalue weighted by molar-refractivity contribution is 7.14. The molecule has 0 spiro atoms. The number of nitrogens with one attached hydrogen (secondary N) is 1. The Morgan fingerprint density at radius 1 is 1.71 bits per heavy atom. The van der Waals surface area contributed by atoms with Crippen molar-refractivity contribution in [2.45, 2.75) is 32.4 Å². The van der Waals surface area contributed by atoms with Crippen molar-refractivity contribution >= 4 is 22.3 Å². The van der Waals surface area contributed by atoms with Gasteiger partial charge in [0.25, 0.3) is 0 Å². The Morgan fingerprint density at radius 2 is 2.41 bits per heavy atom. The number of hydrogen-bond acceptors (Lipinski definition) is 5. The zero-order chi connectivity index (χ0) is 12.6. The van der Waals surface area contributed by atoms with E-state index < -0.39 is 5.97 Å². The van der Waals surface area contributed by atoms with Gasteiger partial charge in [-0.05, 0) is 6.42 Å². The van der Waals surface area contributed by atoms with E-state index in [0.717, 1.165) is 6.42 Å². The molecule has 0 saturated heterocycles. The molecule has 0 aromatic carbocycles. The minimum Gasteiger partial charge on any atom is -0.476 e. The summed E-state index contributed by atoms with van der Waals surface area (Å²) >= 11 is 1.32. The molecule has 1 aromatic rings. The molecule has 1 fully saturated rings. The van der Waals surface area contributed by atoms with Crippen LogP contribution in [0.15, 0.2) is 5.51 Å². The Hall–Kier alpha value is -1.14. The van der Waals surface area contributed by atoms with Crippen molar-refractivity contribution in [1.82, 2.24) is 4.98 Å². The molecule has 0 amide bonds. The molecule has 1 aliphatic rings. The van der Waals surface area contributed by atoms with Gasteiger partial charge in [0.2, 0.25) is 0 Å². The summed E-state index contributed by atoms with van der Waals surface area (Å²) in [6, 6.07) is 0.228. The second-order valence-corrected chi connectivity index (χ2v) is 5.67. The standard InChI is InChI=1S/C11H16N2O3S/c1-11(2)6(4-7(11)16-3)13-9-8(10(14)15)12-5-17-9/h5-7,13H,4H2,1-3H3,(H,14,15). The van der Waals surface area contributed by atoms with E-state index in [4.69, 9.17) is 9.84 Å². The van der Waals surface area contributed by atoms with Crippen LogP contribution in [0.25, 0.3) is 0 Å². The predicted octanol–water partition coefficient (Wildman–Crippen LogP) is 2.07. The monoisotopic (exact) mass is 256 g/mol. The lowest BCUT2D eigenvalue weighted by Crippen LogP contribution is -2.57. The molecule has 2 rings (SSSR count). The highest BCUT2D eigenvalue weighted by atomic mass is 32.1. The fraction of sp³-hybridized carbons (Fsp3) is 0.636. The number of hydrogen-bond donors (Lipinski definition) is 2. The normalized spacial score (nSPS) is 26.3. The smallest absolute Gasteiger partial charge is 0.357 e. The molecule has 1 saturated carbocycles. The Balaban J connectivity index is 2.08. The molecule has 6 heteroatoms. The minimum atomic E-state index is -0.992. The second kappa shape index (κ2) is 4.27. The van der Waals surface area contributed by atoms with E-state index in [9.17, 15) is 4.79 Å². The molecular weight excluding hydrogens is 240 g/mol. The van der Waals surface area contributed by atoms with Crippen molar-refractivity contribution in [1.29, 1.82) is 0 Å². The minimum absolute atomic E-state index is 0.00845. The van der Waals surface area contributed by atoms with Crippen LogP contribution in [-0.2, 0) is 4.74 Å². The topological polar surface area (TPSA) is 71.5 Å². The number of anilines is 1. The van der Waals surface area contributed by atoms with Crippen molar-refractivity contribution < 1.29 is 14.6 Å². The van der Waals surface area contributed by atoms with Gasteiger partial charge in [-0.1, -0.05) is 13.8 Å². The number of rotatable bonds is 4. The van der Waals surface area contributed by atoms with Gasteiger partial charge in [-0.2, -0.15) is 0 Å². The molecule has 5 nitrogen and oxygen atoms in total. The highest BCUT2D eigenvalue weighted by Crippen LogP contribution is 2.44. The molecule has 2 N–H and O–H groups in total. The van der Waals surface area contributed by atoms with Gasteiger partial charge in [-0.15, -0.1) is 11.3 Å². The van der Waals surface area contributed by atoms with E-state index in [1.54, 1.807) is 12.6 Å². The van der Waals surface area contributed by atoms with E-state index in [2.05, 4.69) is 24.1 Å². The summed E-state index contributed by atoms with van der Waals surface area (Å²) in [5, 5.41) is 12.9. The summed E-state index contributed by atoms with van der Waals surface area (Å²) < 4.78 is 5.36. The predicted molar refractivity (Wildman–Crippen MR) is 65.7 cm³/mol. The van der Waals surface area contributed by atoms with E-state index in [-0.39, 0.29) is 23.3 Å². The van der Waals surface area contributed by atoms with Gasteiger partial charge in [0.1, 0.15) is 5.00 Å². The number of aromatic nitrogens is 1. The third-order valence-electron chi connectivity index (χ3n) is 3.54. The summed E-state index contributed by atoms with van der Waals surface area (Å²) in [5.74, 6) is -0.992. The third-order valence-corrected chi connectivity index (χ3v) is 4.30. The lowest BCUT2D eigenvalue weighted by molar-refractivity contribution is -0.0794. The van der Waals surface area contributed by atoms with Crippen LogP contribution in [0.4, 0.5) is 5.00 Å². The molecule has 1 aliphatic carbocycles. The first kappa shape index (κ1) is 12.3. The Labute approximate surface area is 104 Å². The van der Waals surface area contributed by atoms with Crippen LogP contribution < -0.4 is 5.32 Å². The van der Waals surface area contributed by atoms with E-state index >= 15 is 0 Å². The number of thiazole rings is 1. The number of carboxylic acids is 1. The lowest BCUT2D eigenvalue weighted by atomic mass is 9.64. The van der Waals surface area contributed by atoms with Crippen molar-refractivity contribution in [2.75, 3.05) is 12.4 Å². The maximum Gasteiger partial charge on any atom is 0.357 e. The summed E-state index contributed by atoms with van der Waals surface area (Å²) in [6.45, 7) is 4.23. The van der Waals surface area contributed by atoms with Gasteiger partial charge in [-0.3, -0.25) is 0 Å². The number of aromatic carboxylic acids is 1. The Morgan fingerprint density at radius 3 is 2.94 bits per heavy atom. The first-order chi connectivity index (χ1) is 7.96. The zero-order valence-electron chi connectivity index (χ0n) is 10.1. The maximum atomic E-state index is 10.9. The van der Waals surface area contributed by atoms with Gasteiger partial charge in [0.15, 0.2) is 5.69 Å². The molecule has 0 radical (unpaired) electrons. The lowest BCUT2D eigenvalue weighted by Gasteiger charge is -2.51. The van der Waals surface area contributed by atoms with Crippen molar-refractivity contribution in [3.63, 3.8) is 0 Å². The fourth-order valence-electron chi connectivity index (χ4n) is 2.19. The van der Waals surface area contributed by atoms with Crippen molar-refractivity contribution in [3.05, 3.63) is 11.2 Å². The van der Waals surface area contributed by atoms with Crippen molar-refractivity contribution in [3.8, 4) is 0 Å². The molecule has 2 unspecified atom stereocenters. The number of carbonyl (C=O) groups is 1. The summed E-state index contributed by atoms with van der Waals surface area (Å²) in [7, 11) is 1.71. The van der Waals surface area contributed by atoms with Crippen LogP contribution >= 0.6 is 11.3 Å². The summed E-state index contributed by atoms with van der Waals surface area (Å²) in [4.78, 5) is 14.8. The van der Waals surface area contributed by atoms with Gasteiger partial charge in [-0.25, -0.2) is 9.78 Å². The fourth-order valence-corrected chi connectivity index (χ4v) is 2.92. The highest BCUT2D eigenvalue weighted by Gasteiger charge is 2.49. The molecular formula is C11H16N2O3S. The molecule has 0 aliphatic heterocycles.